The number of nitrogens with one attached hydrogen (secondary N) is 1. The second-order valence-electron chi connectivity index (χ2n) is 9.36. The average Bonchev–Trinajstić information content (AvgIpc) is 3.53. The van der Waals surface area contributed by atoms with E-state index in [2.05, 4.69) is 5.32 Å². The topological polar surface area (TPSA) is 121 Å². The molecule has 1 aromatic heterocycles. The number of ether oxygens (including phenoxy) is 1. The minimum absolute atomic E-state index is 0.0102. The van der Waals surface area contributed by atoms with E-state index in [1.165, 1.54) is 23.3 Å². The molecule has 188 valence electrons. The van der Waals surface area contributed by atoms with Crippen LogP contribution < -0.4 is 15.8 Å². The van der Waals surface area contributed by atoms with E-state index in [0.717, 1.165) is 42.8 Å². The first-order valence-electron chi connectivity index (χ1n) is 12.1. The van der Waals surface area contributed by atoms with Gasteiger partial charge in [-0.2, -0.15) is 0 Å². The lowest BCUT2D eigenvalue weighted by atomic mass is 10.0. The van der Waals surface area contributed by atoms with Gasteiger partial charge in [-0.1, -0.05) is 6.07 Å². The number of carbonyl (C=O) groups excluding carboxylic acids is 2. The van der Waals surface area contributed by atoms with Crippen LogP contribution in [0.25, 0.3) is 0 Å². The lowest BCUT2D eigenvalue weighted by Crippen LogP contribution is -2.34. The molecule has 1 saturated heterocycles. The largest absolute Gasteiger partial charge is 0.507 e. The van der Waals surface area contributed by atoms with Gasteiger partial charge in [-0.05, 0) is 67.4 Å². The Balaban J connectivity index is 1.31. The molecule has 0 radical (unpaired) electrons. The predicted octanol–water partition coefficient (Wildman–Crippen LogP) is 3.13. The zero-order chi connectivity index (χ0) is 25.2. The summed E-state index contributed by atoms with van der Waals surface area (Å²) in [6.07, 6.45) is 3.67. The molecule has 2 aliphatic rings. The summed E-state index contributed by atoms with van der Waals surface area (Å²) in [6, 6.07) is 12.1. The molecule has 0 bridgehead atoms. The number of amides is 2. The van der Waals surface area contributed by atoms with Crippen LogP contribution in [-0.2, 0) is 19.6 Å². The molecule has 0 spiro atoms. The fraction of sp³-hybridized carbons (Fsp3) is 0.333. The summed E-state index contributed by atoms with van der Waals surface area (Å²) >= 11 is 0. The third-order valence-corrected chi connectivity index (χ3v) is 6.72. The van der Waals surface area contributed by atoms with Crippen molar-refractivity contribution < 1.29 is 23.8 Å². The molecule has 9 heteroatoms. The van der Waals surface area contributed by atoms with E-state index in [0.29, 0.717) is 18.8 Å². The summed E-state index contributed by atoms with van der Waals surface area (Å²) in [5.41, 5.74) is 8.49. The summed E-state index contributed by atoms with van der Waals surface area (Å²) in [5, 5.41) is 13.8. The third kappa shape index (κ3) is 4.87. The standard InChI is InChI=1S/C27H30N4O5/c1-30(16-21-3-2-10-35-21)26(33)23-12-22(24(28)13-25(23)32)27(34)31-14-17-4-5-20(11-18(17)15-31)36-19-6-8-29-9-7-19/h2-5,10-13,19,29,32H,6-9,14-16,28H2,1H3. The summed E-state index contributed by atoms with van der Waals surface area (Å²) in [7, 11) is 1.60. The normalized spacial score (nSPS) is 15.5. The monoisotopic (exact) mass is 490 g/mol. The number of hydrogen-bond acceptors (Lipinski definition) is 7. The highest BCUT2D eigenvalue weighted by Crippen LogP contribution is 2.32. The first-order valence-corrected chi connectivity index (χ1v) is 12.1. The maximum Gasteiger partial charge on any atom is 0.257 e. The van der Waals surface area contributed by atoms with Crippen LogP contribution in [0.2, 0.25) is 0 Å². The van der Waals surface area contributed by atoms with Gasteiger partial charge in [0.2, 0.25) is 0 Å². The van der Waals surface area contributed by atoms with Gasteiger partial charge in [0.15, 0.2) is 0 Å². The van der Waals surface area contributed by atoms with Crippen LogP contribution in [0.3, 0.4) is 0 Å². The molecular weight excluding hydrogens is 460 g/mol. The van der Waals surface area contributed by atoms with Gasteiger partial charge >= 0.3 is 0 Å². The van der Waals surface area contributed by atoms with Crippen LogP contribution in [0.15, 0.2) is 53.1 Å². The van der Waals surface area contributed by atoms with E-state index in [1.54, 1.807) is 24.1 Å². The number of nitrogen functional groups attached to an aromatic ring is 1. The lowest BCUT2D eigenvalue weighted by molar-refractivity contribution is 0.0752. The molecule has 0 atom stereocenters. The number of phenols is 1. The first-order chi connectivity index (χ1) is 17.4. The van der Waals surface area contributed by atoms with Crippen LogP contribution in [0.4, 0.5) is 5.69 Å². The Kier molecular flexibility index (Phi) is 6.56. The number of rotatable bonds is 6. The number of benzene rings is 2. The maximum atomic E-state index is 13.4. The quantitative estimate of drug-likeness (QED) is 0.454. The van der Waals surface area contributed by atoms with Gasteiger partial charge in [0, 0.05) is 31.9 Å². The minimum Gasteiger partial charge on any atom is -0.507 e. The Hall–Kier alpha value is -3.98. The van der Waals surface area contributed by atoms with Gasteiger partial charge in [0.1, 0.15) is 23.4 Å². The number of nitrogens with two attached hydrogens (primary N) is 1. The van der Waals surface area contributed by atoms with E-state index in [-0.39, 0.29) is 41.1 Å². The molecule has 2 aromatic carbocycles. The smallest absolute Gasteiger partial charge is 0.257 e. The van der Waals surface area contributed by atoms with E-state index >= 15 is 0 Å². The number of aromatic hydroxyl groups is 1. The number of anilines is 1. The molecule has 2 aliphatic heterocycles. The van der Waals surface area contributed by atoms with Crippen molar-refractivity contribution in [3.05, 3.63) is 76.7 Å². The summed E-state index contributed by atoms with van der Waals surface area (Å²) in [6.45, 7) is 2.98. The van der Waals surface area contributed by atoms with Gasteiger partial charge < -0.3 is 35.1 Å². The fourth-order valence-corrected chi connectivity index (χ4v) is 4.74. The van der Waals surface area contributed by atoms with Gasteiger partial charge in [-0.3, -0.25) is 9.59 Å². The number of carbonyl (C=O) groups is 2. The SMILES string of the molecule is CN(Cc1ccco1)C(=O)c1cc(C(=O)N2Cc3ccc(OC4CCNCC4)cc3C2)c(N)cc1O. The van der Waals surface area contributed by atoms with Gasteiger partial charge in [0.05, 0.1) is 23.9 Å². The third-order valence-electron chi connectivity index (χ3n) is 6.72. The zero-order valence-corrected chi connectivity index (χ0v) is 20.2. The molecule has 2 amide bonds. The first kappa shape index (κ1) is 23.7. The van der Waals surface area contributed by atoms with Gasteiger partial charge in [-0.15, -0.1) is 0 Å². The Labute approximate surface area is 209 Å². The summed E-state index contributed by atoms with van der Waals surface area (Å²) < 4.78 is 11.5. The number of nitrogens with zero attached hydrogens (tertiary/aromatic N) is 2. The van der Waals surface area contributed by atoms with Crippen molar-refractivity contribution in [3.63, 3.8) is 0 Å². The molecule has 36 heavy (non-hydrogen) atoms. The zero-order valence-electron chi connectivity index (χ0n) is 20.2. The van der Waals surface area contributed by atoms with E-state index in [9.17, 15) is 14.7 Å². The predicted molar refractivity (Wildman–Crippen MR) is 134 cm³/mol. The number of fused-ring (bicyclic) bond motifs is 1. The lowest BCUT2D eigenvalue weighted by Gasteiger charge is -2.24. The molecule has 0 aliphatic carbocycles. The van der Waals surface area contributed by atoms with E-state index in [1.807, 2.05) is 18.2 Å². The molecule has 3 heterocycles. The van der Waals surface area contributed by atoms with Crippen molar-refractivity contribution >= 4 is 17.5 Å². The highest BCUT2D eigenvalue weighted by molar-refractivity contribution is 6.04. The summed E-state index contributed by atoms with van der Waals surface area (Å²) in [5.74, 6) is 0.404. The molecule has 0 unspecified atom stereocenters. The number of furan rings is 1. The van der Waals surface area contributed by atoms with Gasteiger partial charge in [0.25, 0.3) is 11.8 Å². The van der Waals surface area contributed by atoms with Crippen LogP contribution in [0.1, 0.15) is 50.4 Å². The minimum atomic E-state index is -0.442. The van der Waals surface area contributed by atoms with E-state index < -0.39 is 5.91 Å². The number of hydrogen-bond donors (Lipinski definition) is 3. The van der Waals surface area contributed by atoms with Gasteiger partial charge in [-0.25, -0.2) is 0 Å². The number of phenolic OH excluding ortho intramolecular Hbond substituents is 1. The second-order valence-corrected chi connectivity index (χ2v) is 9.36. The highest BCUT2D eigenvalue weighted by Gasteiger charge is 2.28. The summed E-state index contributed by atoms with van der Waals surface area (Å²) in [4.78, 5) is 29.5. The average molecular weight is 491 g/mol. The molecule has 5 rings (SSSR count). The number of piperidine rings is 1. The van der Waals surface area contributed by atoms with E-state index in [4.69, 9.17) is 14.9 Å². The van der Waals surface area contributed by atoms with Crippen molar-refractivity contribution in [2.75, 3.05) is 25.9 Å². The Bertz CT molecular complexity index is 1270. The Morgan fingerprint density at radius 1 is 1.14 bits per heavy atom. The molecule has 3 aromatic rings. The van der Waals surface area contributed by atoms with Crippen LogP contribution in [0, 0.1) is 0 Å². The van der Waals surface area contributed by atoms with Crippen molar-refractivity contribution in [1.29, 1.82) is 0 Å². The van der Waals surface area contributed by atoms with Crippen LogP contribution in [-0.4, -0.2) is 53.0 Å². The Morgan fingerprint density at radius 2 is 1.92 bits per heavy atom. The fourth-order valence-electron chi connectivity index (χ4n) is 4.74. The highest BCUT2D eigenvalue weighted by atomic mass is 16.5. The molecule has 4 N–H and O–H groups in total. The Morgan fingerprint density at radius 3 is 2.67 bits per heavy atom. The molecule has 1 fully saturated rings. The van der Waals surface area contributed by atoms with Crippen molar-refractivity contribution in [2.24, 2.45) is 0 Å². The second kappa shape index (κ2) is 9.94. The molecular formula is C27H30N4O5. The van der Waals surface area contributed by atoms with Crippen molar-refractivity contribution in [3.8, 4) is 11.5 Å². The van der Waals surface area contributed by atoms with Crippen molar-refractivity contribution in [2.45, 2.75) is 38.6 Å². The maximum absolute atomic E-state index is 13.4. The van der Waals surface area contributed by atoms with Crippen LogP contribution in [0.5, 0.6) is 11.5 Å². The van der Waals surface area contributed by atoms with Crippen molar-refractivity contribution in [1.82, 2.24) is 15.1 Å². The van der Waals surface area contributed by atoms with Crippen LogP contribution >= 0.6 is 0 Å². The molecule has 0 saturated carbocycles. The molecule has 9 nitrogen and oxygen atoms in total.